The highest BCUT2D eigenvalue weighted by atomic mass is 16.4. The molecule has 0 spiro atoms. The van der Waals surface area contributed by atoms with E-state index in [9.17, 15) is 9.59 Å². The molecule has 24 heavy (non-hydrogen) atoms. The van der Waals surface area contributed by atoms with Crippen molar-refractivity contribution in [1.82, 2.24) is 5.32 Å². The van der Waals surface area contributed by atoms with Crippen LogP contribution in [-0.4, -0.2) is 29.4 Å². The van der Waals surface area contributed by atoms with Gasteiger partial charge in [0, 0.05) is 12.1 Å². The normalized spacial score (nSPS) is 10.2. The van der Waals surface area contributed by atoms with E-state index < -0.39 is 5.97 Å². The second-order valence-corrected chi connectivity index (χ2v) is 5.36. The lowest BCUT2D eigenvalue weighted by molar-refractivity contribution is -0.136. The topological polar surface area (TPSA) is 116 Å². The number of hydrogen-bond donors (Lipinski definition) is 4. The number of nitrogen functional groups attached to an aromatic ring is 1. The van der Waals surface area contributed by atoms with Crippen LogP contribution in [-0.2, 0) is 16.0 Å². The largest absolute Gasteiger partial charge is 0.481 e. The van der Waals surface area contributed by atoms with Gasteiger partial charge in [0.1, 0.15) is 5.84 Å². The summed E-state index contributed by atoms with van der Waals surface area (Å²) in [5.41, 5.74) is 8.96. The van der Waals surface area contributed by atoms with Crippen LogP contribution in [0.4, 0.5) is 0 Å². The van der Waals surface area contributed by atoms with Crippen molar-refractivity contribution in [2.24, 2.45) is 5.73 Å². The van der Waals surface area contributed by atoms with Crippen molar-refractivity contribution in [1.29, 1.82) is 5.41 Å². The summed E-state index contributed by atoms with van der Waals surface area (Å²) in [4.78, 5) is 22.1. The number of benzene rings is 2. The summed E-state index contributed by atoms with van der Waals surface area (Å²) < 4.78 is 0. The number of carboxylic acids is 1. The quantitative estimate of drug-likeness (QED) is 0.458. The Morgan fingerprint density at radius 1 is 1.00 bits per heavy atom. The van der Waals surface area contributed by atoms with E-state index in [1.54, 1.807) is 12.1 Å². The molecule has 0 aliphatic carbocycles. The van der Waals surface area contributed by atoms with Crippen LogP contribution in [0.3, 0.4) is 0 Å². The van der Waals surface area contributed by atoms with Crippen LogP contribution in [0.5, 0.6) is 0 Å². The van der Waals surface area contributed by atoms with E-state index in [1.165, 1.54) is 0 Å². The molecule has 2 aromatic rings. The summed E-state index contributed by atoms with van der Waals surface area (Å²) in [5.74, 6) is -1.10. The van der Waals surface area contributed by atoms with Crippen LogP contribution in [0.2, 0.25) is 0 Å². The molecular formula is C18H19N3O3. The number of carbonyl (C=O) groups is 2. The fraction of sp³-hybridized carbons (Fsp3) is 0.167. The predicted molar refractivity (Wildman–Crippen MR) is 91.9 cm³/mol. The number of hydrogen-bond acceptors (Lipinski definition) is 3. The molecule has 0 radical (unpaired) electrons. The summed E-state index contributed by atoms with van der Waals surface area (Å²) >= 11 is 0. The van der Waals surface area contributed by atoms with Gasteiger partial charge in [-0.2, -0.15) is 0 Å². The van der Waals surface area contributed by atoms with Crippen LogP contribution in [0.1, 0.15) is 17.5 Å². The number of carboxylic acid groups (broad SMARTS) is 1. The molecule has 0 fully saturated rings. The Balaban J connectivity index is 1.96. The predicted octanol–water partition coefficient (Wildman–Crippen LogP) is 1.77. The number of carbonyl (C=O) groups excluding carboxylic acids is 1. The summed E-state index contributed by atoms with van der Waals surface area (Å²) in [6.07, 6.45) is 0.129. The minimum atomic E-state index is -0.935. The molecule has 2 aromatic carbocycles. The molecular weight excluding hydrogens is 306 g/mol. The third-order valence-electron chi connectivity index (χ3n) is 3.51. The van der Waals surface area contributed by atoms with E-state index in [0.29, 0.717) is 5.56 Å². The van der Waals surface area contributed by atoms with E-state index in [0.717, 1.165) is 16.7 Å². The van der Waals surface area contributed by atoms with Crippen molar-refractivity contribution in [2.45, 2.75) is 12.8 Å². The highest BCUT2D eigenvalue weighted by molar-refractivity contribution is 5.95. The number of aliphatic carboxylic acids is 1. The lowest BCUT2D eigenvalue weighted by atomic mass is 10.0. The fourth-order valence-electron chi connectivity index (χ4n) is 2.21. The molecule has 0 saturated heterocycles. The maximum absolute atomic E-state index is 11.7. The summed E-state index contributed by atoms with van der Waals surface area (Å²) in [5, 5.41) is 18.5. The van der Waals surface area contributed by atoms with Crippen LogP contribution >= 0.6 is 0 Å². The number of amides is 1. The van der Waals surface area contributed by atoms with Crippen LogP contribution in [0, 0.1) is 5.41 Å². The second kappa shape index (κ2) is 7.92. The molecule has 124 valence electrons. The lowest BCUT2D eigenvalue weighted by Crippen LogP contribution is -2.27. The van der Waals surface area contributed by atoms with Gasteiger partial charge in [-0.05, 0) is 16.7 Å². The van der Waals surface area contributed by atoms with Gasteiger partial charge in [0.25, 0.3) is 0 Å². The average Bonchev–Trinajstić information content (AvgIpc) is 2.55. The van der Waals surface area contributed by atoms with Crippen molar-refractivity contribution < 1.29 is 14.7 Å². The monoisotopic (exact) mass is 325 g/mol. The van der Waals surface area contributed by atoms with Crippen LogP contribution < -0.4 is 11.1 Å². The van der Waals surface area contributed by atoms with Gasteiger partial charge in [-0.3, -0.25) is 15.0 Å². The minimum Gasteiger partial charge on any atom is -0.481 e. The molecule has 6 heteroatoms. The van der Waals surface area contributed by atoms with Gasteiger partial charge in [0.2, 0.25) is 5.91 Å². The molecule has 0 aliphatic heterocycles. The molecule has 0 saturated carbocycles. The van der Waals surface area contributed by atoms with E-state index >= 15 is 0 Å². The van der Waals surface area contributed by atoms with Gasteiger partial charge >= 0.3 is 5.97 Å². The van der Waals surface area contributed by atoms with E-state index in [4.69, 9.17) is 16.2 Å². The van der Waals surface area contributed by atoms with Crippen molar-refractivity contribution in [3.05, 3.63) is 59.7 Å². The average molecular weight is 325 g/mol. The molecule has 1 amide bonds. The molecule has 0 aromatic heterocycles. The molecule has 0 aliphatic rings. The van der Waals surface area contributed by atoms with Gasteiger partial charge in [0.05, 0.1) is 12.8 Å². The summed E-state index contributed by atoms with van der Waals surface area (Å²) in [7, 11) is 0. The van der Waals surface area contributed by atoms with Gasteiger partial charge in [-0.1, -0.05) is 48.5 Å². The number of nitrogens with one attached hydrogen (secondary N) is 2. The fourth-order valence-corrected chi connectivity index (χ4v) is 2.21. The number of nitrogens with two attached hydrogens (primary N) is 1. The SMILES string of the molecule is N=C(N)c1ccc(-c2ccc(CC(=O)NCCC(=O)O)cc2)cc1. The maximum atomic E-state index is 11.7. The van der Waals surface area contributed by atoms with E-state index in [-0.39, 0.29) is 31.1 Å². The van der Waals surface area contributed by atoms with Crippen LogP contribution in [0.15, 0.2) is 48.5 Å². The van der Waals surface area contributed by atoms with E-state index in [1.807, 2.05) is 36.4 Å². The zero-order valence-electron chi connectivity index (χ0n) is 13.1. The first-order valence-electron chi connectivity index (χ1n) is 7.48. The first-order chi connectivity index (χ1) is 11.5. The van der Waals surface area contributed by atoms with Crippen molar-refractivity contribution in [2.75, 3.05) is 6.54 Å². The highest BCUT2D eigenvalue weighted by Gasteiger charge is 2.05. The Morgan fingerprint density at radius 3 is 2.04 bits per heavy atom. The van der Waals surface area contributed by atoms with Gasteiger partial charge in [-0.15, -0.1) is 0 Å². The van der Waals surface area contributed by atoms with Crippen molar-refractivity contribution >= 4 is 17.7 Å². The third kappa shape index (κ3) is 4.95. The first-order valence-corrected chi connectivity index (χ1v) is 7.48. The highest BCUT2D eigenvalue weighted by Crippen LogP contribution is 2.20. The molecule has 0 unspecified atom stereocenters. The maximum Gasteiger partial charge on any atom is 0.305 e. The third-order valence-corrected chi connectivity index (χ3v) is 3.51. The molecule has 2 rings (SSSR count). The smallest absolute Gasteiger partial charge is 0.305 e. The van der Waals surface area contributed by atoms with Crippen molar-refractivity contribution in [3.8, 4) is 11.1 Å². The second-order valence-electron chi connectivity index (χ2n) is 5.36. The summed E-state index contributed by atoms with van der Waals surface area (Å²) in [6, 6.07) is 14.9. The van der Waals surface area contributed by atoms with Gasteiger partial charge < -0.3 is 16.2 Å². The number of rotatable bonds is 7. The Bertz CT molecular complexity index is 737. The Kier molecular flexibility index (Phi) is 5.68. The zero-order chi connectivity index (χ0) is 17.5. The Labute approximate surface area is 139 Å². The molecule has 0 heterocycles. The van der Waals surface area contributed by atoms with E-state index in [2.05, 4.69) is 5.32 Å². The Hall–Kier alpha value is -3.15. The molecule has 0 atom stereocenters. The van der Waals surface area contributed by atoms with Crippen LogP contribution in [0.25, 0.3) is 11.1 Å². The molecule has 6 nitrogen and oxygen atoms in total. The minimum absolute atomic E-state index is 0.0332. The molecule has 5 N–H and O–H groups in total. The van der Waals surface area contributed by atoms with Gasteiger partial charge in [0.15, 0.2) is 0 Å². The lowest BCUT2D eigenvalue weighted by Gasteiger charge is -2.06. The standard InChI is InChI=1S/C18H19N3O3/c19-18(20)15-7-5-14(6-8-15)13-3-1-12(2-4-13)11-16(22)21-10-9-17(23)24/h1-8H,9-11H2,(H3,19,20)(H,21,22)(H,23,24). The van der Waals surface area contributed by atoms with Gasteiger partial charge in [-0.25, -0.2) is 0 Å². The Morgan fingerprint density at radius 2 is 1.54 bits per heavy atom. The van der Waals surface area contributed by atoms with Crippen molar-refractivity contribution in [3.63, 3.8) is 0 Å². The number of amidine groups is 1. The first kappa shape index (κ1) is 17.2. The zero-order valence-corrected chi connectivity index (χ0v) is 13.1. The molecule has 0 bridgehead atoms. The summed E-state index contributed by atoms with van der Waals surface area (Å²) in [6.45, 7) is 0.134.